The highest BCUT2D eigenvalue weighted by Gasteiger charge is 2.20. The molecule has 0 aliphatic rings. The Kier molecular flexibility index (Phi) is 8.63. The number of rotatable bonds is 10. The molecule has 1 N–H and O–H groups in total. The van der Waals surface area contributed by atoms with Crippen LogP contribution in [0.4, 0.5) is 0 Å². The molecule has 0 fully saturated rings. The van der Waals surface area contributed by atoms with Gasteiger partial charge in [0.05, 0.1) is 6.10 Å². The molecule has 0 heterocycles. The molecule has 1 aromatic rings. The fourth-order valence-electron chi connectivity index (χ4n) is 2.73. The fourth-order valence-corrected chi connectivity index (χ4v) is 2.73. The molecule has 0 bridgehead atoms. The minimum atomic E-state index is 0.298. The van der Waals surface area contributed by atoms with E-state index >= 15 is 0 Å². The molecule has 21 heavy (non-hydrogen) atoms. The minimum Gasteiger partial charge on any atom is -0.380 e. The molecule has 2 nitrogen and oxygen atoms in total. The summed E-state index contributed by atoms with van der Waals surface area (Å²) in [7, 11) is 1.84. The van der Waals surface area contributed by atoms with Gasteiger partial charge in [0.1, 0.15) is 0 Å². The largest absolute Gasteiger partial charge is 0.380 e. The van der Waals surface area contributed by atoms with Crippen molar-refractivity contribution in [2.24, 2.45) is 0 Å². The van der Waals surface area contributed by atoms with Crippen molar-refractivity contribution in [2.45, 2.75) is 71.4 Å². The normalized spacial score (nSPS) is 14.4. The number of nitrogens with one attached hydrogen (secondary N) is 1. The first kappa shape index (κ1) is 18.2. The summed E-state index contributed by atoms with van der Waals surface area (Å²) >= 11 is 0. The van der Waals surface area contributed by atoms with Crippen LogP contribution < -0.4 is 5.32 Å². The van der Waals surface area contributed by atoms with E-state index in [1.54, 1.807) is 0 Å². The van der Waals surface area contributed by atoms with E-state index in [0.717, 1.165) is 32.2 Å². The lowest BCUT2D eigenvalue weighted by Gasteiger charge is -2.27. The zero-order valence-corrected chi connectivity index (χ0v) is 14.5. The second kappa shape index (κ2) is 9.97. The molecule has 0 aromatic heterocycles. The Morgan fingerprint density at radius 3 is 2.19 bits per heavy atom. The third kappa shape index (κ3) is 6.19. The molecule has 2 atom stereocenters. The summed E-state index contributed by atoms with van der Waals surface area (Å²) in [5.74, 6) is 0.597. The molecule has 0 aliphatic heterocycles. The Morgan fingerprint density at radius 1 is 1.05 bits per heavy atom. The third-order valence-corrected chi connectivity index (χ3v) is 4.08. The van der Waals surface area contributed by atoms with E-state index in [2.05, 4.69) is 57.3 Å². The molecule has 1 aromatic carbocycles. The van der Waals surface area contributed by atoms with Crippen LogP contribution in [0.3, 0.4) is 0 Å². The summed E-state index contributed by atoms with van der Waals surface area (Å²) < 4.78 is 5.72. The molecule has 120 valence electrons. The SMILES string of the molecule is CCCNC(Cc1ccc(C(C)C)cc1)C(CCC)OC. The molecule has 0 aliphatic carbocycles. The van der Waals surface area contributed by atoms with E-state index < -0.39 is 0 Å². The van der Waals surface area contributed by atoms with Crippen molar-refractivity contribution in [3.05, 3.63) is 35.4 Å². The summed E-state index contributed by atoms with van der Waals surface area (Å²) in [6, 6.07) is 9.47. The summed E-state index contributed by atoms with van der Waals surface area (Å²) in [6.45, 7) is 9.97. The van der Waals surface area contributed by atoms with Crippen molar-refractivity contribution < 1.29 is 4.74 Å². The average molecular weight is 291 g/mol. The van der Waals surface area contributed by atoms with Crippen LogP contribution in [0.25, 0.3) is 0 Å². The van der Waals surface area contributed by atoms with Crippen molar-refractivity contribution in [3.63, 3.8) is 0 Å². The Morgan fingerprint density at radius 2 is 1.71 bits per heavy atom. The van der Waals surface area contributed by atoms with Gasteiger partial charge >= 0.3 is 0 Å². The number of hydrogen-bond acceptors (Lipinski definition) is 2. The standard InChI is InChI=1S/C19H33NO/c1-6-8-19(21-5)18(20-13-7-2)14-16-9-11-17(12-10-16)15(3)4/h9-12,15,18-20H,6-8,13-14H2,1-5H3. The molecular weight excluding hydrogens is 258 g/mol. The monoisotopic (exact) mass is 291 g/mol. The van der Waals surface area contributed by atoms with Crippen molar-refractivity contribution in [3.8, 4) is 0 Å². The Labute approximate surface area is 131 Å². The van der Waals surface area contributed by atoms with E-state index in [0.29, 0.717) is 18.1 Å². The first-order valence-electron chi connectivity index (χ1n) is 8.47. The van der Waals surface area contributed by atoms with Crippen molar-refractivity contribution in [2.75, 3.05) is 13.7 Å². The van der Waals surface area contributed by atoms with E-state index in [9.17, 15) is 0 Å². The molecule has 2 heteroatoms. The highest BCUT2D eigenvalue weighted by atomic mass is 16.5. The highest BCUT2D eigenvalue weighted by molar-refractivity contribution is 5.25. The van der Waals surface area contributed by atoms with Gasteiger partial charge in [-0.05, 0) is 42.9 Å². The lowest BCUT2D eigenvalue weighted by molar-refractivity contribution is 0.0609. The van der Waals surface area contributed by atoms with Crippen LogP contribution in [-0.4, -0.2) is 25.8 Å². The molecule has 0 amide bonds. The van der Waals surface area contributed by atoms with Gasteiger partial charge in [-0.15, -0.1) is 0 Å². The molecule has 2 unspecified atom stereocenters. The molecule has 0 spiro atoms. The van der Waals surface area contributed by atoms with Crippen molar-refractivity contribution in [1.29, 1.82) is 0 Å². The van der Waals surface area contributed by atoms with Gasteiger partial charge in [0, 0.05) is 13.2 Å². The van der Waals surface area contributed by atoms with E-state index in [4.69, 9.17) is 4.74 Å². The first-order valence-corrected chi connectivity index (χ1v) is 8.47. The van der Waals surface area contributed by atoms with Gasteiger partial charge in [0.15, 0.2) is 0 Å². The number of benzene rings is 1. The summed E-state index contributed by atoms with van der Waals surface area (Å²) in [4.78, 5) is 0. The number of methoxy groups -OCH3 is 1. The van der Waals surface area contributed by atoms with Gasteiger partial charge < -0.3 is 10.1 Å². The van der Waals surface area contributed by atoms with E-state index in [1.165, 1.54) is 11.1 Å². The van der Waals surface area contributed by atoms with Crippen LogP contribution in [0.2, 0.25) is 0 Å². The summed E-state index contributed by atoms with van der Waals surface area (Å²) in [5.41, 5.74) is 2.81. The van der Waals surface area contributed by atoms with Crippen LogP contribution in [0.1, 0.15) is 64.0 Å². The Balaban J connectivity index is 2.74. The number of ether oxygens (including phenoxy) is 1. The minimum absolute atomic E-state index is 0.298. The maximum Gasteiger partial charge on any atom is 0.0727 e. The second-order valence-electron chi connectivity index (χ2n) is 6.22. The van der Waals surface area contributed by atoms with E-state index in [-0.39, 0.29) is 0 Å². The number of hydrogen-bond donors (Lipinski definition) is 1. The lowest BCUT2D eigenvalue weighted by Crippen LogP contribution is -2.43. The van der Waals surface area contributed by atoms with Crippen molar-refractivity contribution in [1.82, 2.24) is 5.32 Å². The van der Waals surface area contributed by atoms with Gasteiger partial charge in [-0.3, -0.25) is 0 Å². The lowest BCUT2D eigenvalue weighted by atomic mass is 9.95. The third-order valence-electron chi connectivity index (χ3n) is 4.08. The Bertz CT molecular complexity index is 372. The first-order chi connectivity index (χ1) is 10.1. The van der Waals surface area contributed by atoms with Crippen LogP contribution in [0, 0.1) is 0 Å². The zero-order valence-electron chi connectivity index (χ0n) is 14.5. The fraction of sp³-hybridized carbons (Fsp3) is 0.684. The summed E-state index contributed by atoms with van der Waals surface area (Å²) in [5, 5.41) is 3.67. The van der Waals surface area contributed by atoms with Gasteiger partial charge in [-0.1, -0.05) is 58.4 Å². The Hall–Kier alpha value is -0.860. The maximum atomic E-state index is 5.72. The maximum absolute atomic E-state index is 5.72. The topological polar surface area (TPSA) is 21.3 Å². The predicted octanol–water partition coefficient (Wildman–Crippen LogP) is 4.54. The molecule has 0 radical (unpaired) electrons. The highest BCUT2D eigenvalue weighted by Crippen LogP contribution is 2.17. The quantitative estimate of drug-likeness (QED) is 0.683. The van der Waals surface area contributed by atoms with Gasteiger partial charge in [0.25, 0.3) is 0 Å². The molecule has 0 saturated carbocycles. The zero-order chi connectivity index (χ0) is 15.7. The van der Waals surface area contributed by atoms with Crippen molar-refractivity contribution >= 4 is 0 Å². The van der Waals surface area contributed by atoms with Crippen LogP contribution >= 0.6 is 0 Å². The molecule has 0 saturated heterocycles. The second-order valence-corrected chi connectivity index (χ2v) is 6.22. The smallest absolute Gasteiger partial charge is 0.0727 e. The van der Waals surface area contributed by atoms with Crippen LogP contribution in [0.15, 0.2) is 24.3 Å². The summed E-state index contributed by atoms with van der Waals surface area (Å²) in [6.07, 6.45) is 4.77. The predicted molar refractivity (Wildman–Crippen MR) is 92.0 cm³/mol. The van der Waals surface area contributed by atoms with E-state index in [1.807, 2.05) is 7.11 Å². The van der Waals surface area contributed by atoms with Crippen LogP contribution in [-0.2, 0) is 11.2 Å². The average Bonchev–Trinajstić information content (AvgIpc) is 2.49. The molecule has 1 rings (SSSR count). The van der Waals surface area contributed by atoms with Gasteiger partial charge in [0.2, 0.25) is 0 Å². The van der Waals surface area contributed by atoms with Gasteiger partial charge in [-0.2, -0.15) is 0 Å². The molecular formula is C19H33NO. The van der Waals surface area contributed by atoms with Gasteiger partial charge in [-0.25, -0.2) is 0 Å². The van der Waals surface area contributed by atoms with Crippen LogP contribution in [0.5, 0.6) is 0 Å².